The van der Waals surface area contributed by atoms with Gasteiger partial charge in [0, 0.05) is 52.1 Å². The molecule has 2 heterocycles. The van der Waals surface area contributed by atoms with E-state index in [0.717, 1.165) is 22.7 Å². The van der Waals surface area contributed by atoms with E-state index in [1.807, 2.05) is 36.5 Å². The number of fused-ring (bicyclic) bond motifs is 1. The number of nitrogens with zero attached hydrogens (tertiary/aromatic N) is 2. The van der Waals surface area contributed by atoms with Gasteiger partial charge in [0.05, 0.1) is 7.11 Å². The minimum Gasteiger partial charge on any atom is -0.481 e. The number of hydrogen-bond acceptors (Lipinski definition) is 2. The maximum absolute atomic E-state index is 6.13. The van der Waals surface area contributed by atoms with Crippen molar-refractivity contribution in [1.82, 2.24) is 9.55 Å². The van der Waals surface area contributed by atoms with Gasteiger partial charge in [0.25, 0.3) is 0 Å². The van der Waals surface area contributed by atoms with Gasteiger partial charge in [-0.3, -0.25) is 0 Å². The van der Waals surface area contributed by atoms with Crippen LogP contribution in [0.2, 0.25) is 5.02 Å². The molecule has 4 aromatic rings. The Hall–Kier alpha value is -2.78. The molecule has 0 saturated carbocycles. The lowest BCUT2D eigenvalue weighted by Gasteiger charge is -2.06. The number of methoxy groups -OCH3 is 1. The molecule has 25 heavy (non-hydrogen) atoms. The van der Waals surface area contributed by atoms with Gasteiger partial charge >= 0.3 is 0 Å². The van der Waals surface area contributed by atoms with Crippen LogP contribution in [0.5, 0.6) is 5.88 Å². The SMILES string of the molecule is COc1ccc(-c2cn(Cc3cccc(Cl)c3)c3ccccc23)cn1. The summed E-state index contributed by atoms with van der Waals surface area (Å²) in [7, 11) is 1.62. The summed E-state index contributed by atoms with van der Waals surface area (Å²) in [5.74, 6) is 0.617. The molecule has 0 atom stereocenters. The molecule has 0 fully saturated rings. The maximum Gasteiger partial charge on any atom is 0.212 e. The number of rotatable bonds is 4. The molecule has 0 aliphatic carbocycles. The summed E-state index contributed by atoms with van der Waals surface area (Å²) in [6.07, 6.45) is 4.03. The highest BCUT2D eigenvalue weighted by Crippen LogP contribution is 2.31. The smallest absolute Gasteiger partial charge is 0.212 e. The second-order valence-corrected chi connectivity index (χ2v) is 6.34. The highest BCUT2D eigenvalue weighted by molar-refractivity contribution is 6.30. The summed E-state index contributed by atoms with van der Waals surface area (Å²) in [6.45, 7) is 0.769. The molecular formula is C21H17ClN2O. The Labute approximate surface area is 151 Å². The number of benzene rings is 2. The van der Waals surface area contributed by atoms with Crippen LogP contribution < -0.4 is 4.74 Å². The third kappa shape index (κ3) is 3.11. The van der Waals surface area contributed by atoms with Gasteiger partial charge in [0.1, 0.15) is 0 Å². The first-order chi connectivity index (χ1) is 12.2. The zero-order valence-corrected chi connectivity index (χ0v) is 14.6. The maximum atomic E-state index is 6.13. The minimum atomic E-state index is 0.617. The van der Waals surface area contributed by atoms with Crippen LogP contribution in [0.15, 0.2) is 73.1 Å². The van der Waals surface area contributed by atoms with Crippen LogP contribution in [0.3, 0.4) is 0 Å². The van der Waals surface area contributed by atoms with E-state index in [0.29, 0.717) is 5.88 Å². The molecular weight excluding hydrogens is 332 g/mol. The highest BCUT2D eigenvalue weighted by Gasteiger charge is 2.11. The van der Waals surface area contributed by atoms with Crippen molar-refractivity contribution in [1.29, 1.82) is 0 Å². The summed E-state index contributed by atoms with van der Waals surface area (Å²) in [5.41, 5.74) is 4.59. The second-order valence-electron chi connectivity index (χ2n) is 5.91. The standard InChI is InChI=1S/C21H17ClN2O/c1-25-21-10-9-16(12-23-21)19-14-24(20-8-3-2-7-18(19)20)13-15-5-4-6-17(22)11-15/h2-12,14H,13H2,1H3. The molecule has 2 aromatic carbocycles. The first-order valence-electron chi connectivity index (χ1n) is 8.07. The number of hydrogen-bond donors (Lipinski definition) is 0. The predicted octanol–water partition coefficient (Wildman–Crippen LogP) is 5.41. The van der Waals surface area contributed by atoms with Crippen molar-refractivity contribution in [2.24, 2.45) is 0 Å². The van der Waals surface area contributed by atoms with Gasteiger partial charge in [-0.1, -0.05) is 41.9 Å². The second kappa shape index (κ2) is 6.61. The summed E-state index contributed by atoms with van der Waals surface area (Å²) < 4.78 is 7.41. The Balaban J connectivity index is 1.80. The van der Waals surface area contributed by atoms with Gasteiger partial charge in [0.2, 0.25) is 5.88 Å². The van der Waals surface area contributed by atoms with Crippen molar-refractivity contribution in [2.75, 3.05) is 7.11 Å². The molecule has 124 valence electrons. The van der Waals surface area contributed by atoms with E-state index in [-0.39, 0.29) is 0 Å². The zero-order chi connectivity index (χ0) is 17.2. The van der Waals surface area contributed by atoms with Gasteiger partial charge in [-0.25, -0.2) is 4.98 Å². The molecule has 4 rings (SSSR count). The Morgan fingerprint density at radius 3 is 2.68 bits per heavy atom. The zero-order valence-electron chi connectivity index (χ0n) is 13.8. The fourth-order valence-corrected chi connectivity index (χ4v) is 3.31. The van der Waals surface area contributed by atoms with Crippen molar-refractivity contribution in [3.63, 3.8) is 0 Å². The topological polar surface area (TPSA) is 27.1 Å². The molecule has 0 N–H and O–H groups in total. The summed E-state index contributed by atoms with van der Waals surface area (Å²) in [6, 6.07) is 20.3. The molecule has 4 heteroatoms. The normalized spacial score (nSPS) is 11.0. The fraction of sp³-hybridized carbons (Fsp3) is 0.0952. The van der Waals surface area contributed by atoms with E-state index in [1.165, 1.54) is 16.5 Å². The Morgan fingerprint density at radius 1 is 1.04 bits per heavy atom. The number of para-hydroxylation sites is 1. The third-order valence-corrected chi connectivity index (χ3v) is 4.52. The molecule has 0 spiro atoms. The Bertz CT molecular complexity index is 1020. The van der Waals surface area contributed by atoms with E-state index in [2.05, 4.69) is 46.1 Å². The number of pyridine rings is 1. The summed E-state index contributed by atoms with van der Waals surface area (Å²) in [5, 5.41) is 1.96. The minimum absolute atomic E-state index is 0.617. The van der Waals surface area contributed by atoms with Gasteiger partial charge < -0.3 is 9.30 Å². The molecule has 2 aromatic heterocycles. The average molecular weight is 349 g/mol. The van der Waals surface area contributed by atoms with Crippen LogP contribution in [0.4, 0.5) is 0 Å². The lowest BCUT2D eigenvalue weighted by molar-refractivity contribution is 0.398. The van der Waals surface area contributed by atoms with Crippen molar-refractivity contribution in [2.45, 2.75) is 6.54 Å². The fourth-order valence-electron chi connectivity index (χ4n) is 3.10. The monoisotopic (exact) mass is 348 g/mol. The van der Waals surface area contributed by atoms with Crippen LogP contribution in [0.1, 0.15) is 5.56 Å². The quantitative estimate of drug-likeness (QED) is 0.492. The third-order valence-electron chi connectivity index (χ3n) is 4.29. The van der Waals surface area contributed by atoms with Crippen molar-refractivity contribution < 1.29 is 4.74 Å². The lowest BCUT2D eigenvalue weighted by atomic mass is 10.1. The van der Waals surface area contributed by atoms with Crippen molar-refractivity contribution in [3.8, 4) is 17.0 Å². The number of halogens is 1. The molecule has 0 amide bonds. The molecule has 0 radical (unpaired) electrons. The molecule has 0 saturated heterocycles. The van der Waals surface area contributed by atoms with Crippen LogP contribution in [-0.2, 0) is 6.54 Å². The van der Waals surface area contributed by atoms with Gasteiger partial charge in [-0.2, -0.15) is 0 Å². The highest BCUT2D eigenvalue weighted by atomic mass is 35.5. The average Bonchev–Trinajstić information content (AvgIpc) is 3.01. The first-order valence-corrected chi connectivity index (χ1v) is 8.45. The molecule has 3 nitrogen and oxygen atoms in total. The van der Waals surface area contributed by atoms with Crippen LogP contribution in [0, 0.1) is 0 Å². The predicted molar refractivity (Wildman–Crippen MR) is 102 cm³/mol. The van der Waals surface area contributed by atoms with Gasteiger partial charge in [-0.05, 0) is 29.8 Å². The summed E-state index contributed by atoms with van der Waals surface area (Å²) in [4.78, 5) is 4.34. The van der Waals surface area contributed by atoms with Crippen LogP contribution in [-0.4, -0.2) is 16.7 Å². The number of ether oxygens (including phenoxy) is 1. The molecule has 0 bridgehead atoms. The van der Waals surface area contributed by atoms with Gasteiger partial charge in [-0.15, -0.1) is 0 Å². The molecule has 0 aliphatic heterocycles. The van der Waals surface area contributed by atoms with E-state index >= 15 is 0 Å². The van der Waals surface area contributed by atoms with Crippen LogP contribution in [0.25, 0.3) is 22.0 Å². The van der Waals surface area contributed by atoms with E-state index in [4.69, 9.17) is 16.3 Å². The van der Waals surface area contributed by atoms with E-state index < -0.39 is 0 Å². The number of aromatic nitrogens is 2. The van der Waals surface area contributed by atoms with Gasteiger partial charge in [0.15, 0.2) is 0 Å². The molecule has 0 aliphatic rings. The van der Waals surface area contributed by atoms with Crippen molar-refractivity contribution >= 4 is 22.5 Å². The lowest BCUT2D eigenvalue weighted by Crippen LogP contribution is -1.97. The largest absolute Gasteiger partial charge is 0.481 e. The first kappa shape index (κ1) is 15.7. The Kier molecular flexibility index (Phi) is 4.16. The summed E-state index contributed by atoms with van der Waals surface area (Å²) >= 11 is 6.13. The van der Waals surface area contributed by atoms with Crippen LogP contribution >= 0.6 is 11.6 Å². The van der Waals surface area contributed by atoms with Crippen molar-refractivity contribution in [3.05, 3.63) is 83.6 Å². The Morgan fingerprint density at radius 2 is 1.92 bits per heavy atom. The van der Waals surface area contributed by atoms with E-state index in [9.17, 15) is 0 Å². The van der Waals surface area contributed by atoms with E-state index in [1.54, 1.807) is 7.11 Å². The molecule has 0 unspecified atom stereocenters.